The topological polar surface area (TPSA) is 58.6 Å². The van der Waals surface area contributed by atoms with E-state index in [1.165, 1.54) is 11.3 Å². The van der Waals surface area contributed by atoms with Crippen molar-refractivity contribution in [1.29, 1.82) is 0 Å². The fourth-order valence-electron chi connectivity index (χ4n) is 1.87. The van der Waals surface area contributed by atoms with Crippen molar-refractivity contribution in [3.8, 4) is 0 Å². The van der Waals surface area contributed by atoms with Gasteiger partial charge in [0.2, 0.25) is 10.0 Å². The van der Waals surface area contributed by atoms with Crippen molar-refractivity contribution in [1.82, 2.24) is 9.62 Å². The van der Waals surface area contributed by atoms with Gasteiger partial charge in [0.05, 0.1) is 13.2 Å². The average Bonchev–Trinajstić information content (AvgIpc) is 2.92. The SMILES string of the molecule is CC(CNS(=O)(=O)c1cccs1)N1CCOCC1. The first-order chi connectivity index (χ1) is 8.59. The summed E-state index contributed by atoms with van der Waals surface area (Å²) >= 11 is 1.23. The van der Waals surface area contributed by atoms with E-state index in [4.69, 9.17) is 4.74 Å². The predicted molar refractivity (Wildman–Crippen MR) is 71.4 cm³/mol. The monoisotopic (exact) mass is 290 g/mol. The van der Waals surface area contributed by atoms with Crippen LogP contribution in [-0.2, 0) is 14.8 Å². The van der Waals surface area contributed by atoms with Gasteiger partial charge in [0.15, 0.2) is 0 Å². The predicted octanol–water partition coefficient (Wildman–Crippen LogP) is 0.747. The van der Waals surface area contributed by atoms with E-state index in [1.54, 1.807) is 17.5 Å². The Morgan fingerprint density at radius 2 is 2.22 bits per heavy atom. The maximum Gasteiger partial charge on any atom is 0.250 e. The summed E-state index contributed by atoms with van der Waals surface area (Å²) in [6.07, 6.45) is 0. The molecular formula is C11H18N2O3S2. The van der Waals surface area contributed by atoms with E-state index >= 15 is 0 Å². The second kappa shape index (κ2) is 6.12. The lowest BCUT2D eigenvalue weighted by Gasteiger charge is -2.32. The largest absolute Gasteiger partial charge is 0.379 e. The minimum Gasteiger partial charge on any atom is -0.379 e. The molecule has 0 radical (unpaired) electrons. The quantitative estimate of drug-likeness (QED) is 0.869. The van der Waals surface area contributed by atoms with Crippen LogP contribution in [0.1, 0.15) is 6.92 Å². The molecule has 0 amide bonds. The number of morpholine rings is 1. The van der Waals surface area contributed by atoms with Gasteiger partial charge in [-0.25, -0.2) is 13.1 Å². The van der Waals surface area contributed by atoms with E-state index in [9.17, 15) is 8.42 Å². The fourth-order valence-corrected chi connectivity index (χ4v) is 4.02. The van der Waals surface area contributed by atoms with Gasteiger partial charge in [0.1, 0.15) is 4.21 Å². The normalized spacial score (nSPS) is 19.8. The molecule has 1 atom stereocenters. The van der Waals surface area contributed by atoms with Crippen LogP contribution in [0.5, 0.6) is 0 Å². The third kappa shape index (κ3) is 3.52. The summed E-state index contributed by atoms with van der Waals surface area (Å²) in [5.74, 6) is 0. The molecule has 0 aromatic carbocycles. The van der Waals surface area contributed by atoms with Crippen LogP contribution in [0, 0.1) is 0 Å². The van der Waals surface area contributed by atoms with Crippen LogP contribution in [0.25, 0.3) is 0 Å². The Hall–Kier alpha value is -0.470. The Bertz CT molecular complexity index is 453. The zero-order valence-electron chi connectivity index (χ0n) is 10.3. The summed E-state index contributed by atoms with van der Waals surface area (Å²) in [6, 6.07) is 3.54. The molecular weight excluding hydrogens is 272 g/mol. The van der Waals surface area contributed by atoms with Gasteiger partial charge in [-0.05, 0) is 18.4 Å². The summed E-state index contributed by atoms with van der Waals surface area (Å²) in [5, 5.41) is 1.76. The molecule has 0 aliphatic carbocycles. The van der Waals surface area contributed by atoms with Crippen molar-refractivity contribution in [2.75, 3.05) is 32.8 Å². The highest BCUT2D eigenvalue weighted by Crippen LogP contribution is 2.15. The summed E-state index contributed by atoms with van der Waals surface area (Å²) in [5.41, 5.74) is 0. The first-order valence-electron chi connectivity index (χ1n) is 5.94. The third-order valence-corrected chi connectivity index (χ3v) is 5.82. The molecule has 1 N–H and O–H groups in total. The number of sulfonamides is 1. The third-order valence-electron chi connectivity index (χ3n) is 3.00. The number of thiophene rings is 1. The lowest BCUT2D eigenvalue weighted by Crippen LogP contribution is -2.47. The van der Waals surface area contributed by atoms with E-state index in [0.29, 0.717) is 10.8 Å². The fraction of sp³-hybridized carbons (Fsp3) is 0.636. The number of hydrogen-bond acceptors (Lipinski definition) is 5. The van der Waals surface area contributed by atoms with Crippen molar-refractivity contribution >= 4 is 21.4 Å². The molecule has 1 unspecified atom stereocenters. The number of hydrogen-bond donors (Lipinski definition) is 1. The minimum absolute atomic E-state index is 0.184. The molecule has 5 nitrogen and oxygen atoms in total. The Morgan fingerprint density at radius 1 is 1.50 bits per heavy atom. The molecule has 1 aliphatic rings. The first-order valence-corrected chi connectivity index (χ1v) is 8.31. The standard InChI is InChI=1S/C11H18N2O3S2/c1-10(13-4-6-16-7-5-13)9-12-18(14,15)11-3-2-8-17-11/h2-3,8,10,12H,4-7,9H2,1H3. The van der Waals surface area contributed by atoms with Gasteiger partial charge >= 0.3 is 0 Å². The van der Waals surface area contributed by atoms with E-state index in [0.717, 1.165) is 26.3 Å². The minimum atomic E-state index is -3.34. The second-order valence-corrected chi connectivity index (χ2v) is 7.22. The Labute approximate surface area is 112 Å². The summed E-state index contributed by atoms with van der Waals surface area (Å²) in [4.78, 5) is 2.24. The van der Waals surface area contributed by atoms with Gasteiger partial charge in [0.25, 0.3) is 0 Å². The van der Waals surface area contributed by atoms with Crippen molar-refractivity contribution in [2.45, 2.75) is 17.2 Å². The number of nitrogens with one attached hydrogen (secondary N) is 1. The van der Waals surface area contributed by atoms with E-state index in [-0.39, 0.29) is 6.04 Å². The van der Waals surface area contributed by atoms with Crippen molar-refractivity contribution in [3.05, 3.63) is 17.5 Å². The Balaban J connectivity index is 1.87. The van der Waals surface area contributed by atoms with E-state index in [1.807, 2.05) is 6.92 Å². The summed E-state index contributed by atoms with van der Waals surface area (Å²) in [6.45, 7) is 5.64. The highest BCUT2D eigenvalue weighted by molar-refractivity contribution is 7.91. The lowest BCUT2D eigenvalue weighted by atomic mass is 10.2. The number of nitrogens with zero attached hydrogens (tertiary/aromatic N) is 1. The summed E-state index contributed by atoms with van der Waals surface area (Å²) < 4.78 is 32.2. The van der Waals surface area contributed by atoms with Gasteiger partial charge < -0.3 is 4.74 Å². The molecule has 18 heavy (non-hydrogen) atoms. The van der Waals surface area contributed by atoms with Crippen molar-refractivity contribution < 1.29 is 13.2 Å². The summed E-state index contributed by atoms with van der Waals surface area (Å²) in [7, 11) is -3.34. The van der Waals surface area contributed by atoms with Gasteiger partial charge in [-0.2, -0.15) is 0 Å². The van der Waals surface area contributed by atoms with Crippen LogP contribution in [0.3, 0.4) is 0 Å². The smallest absolute Gasteiger partial charge is 0.250 e. The second-order valence-electron chi connectivity index (χ2n) is 4.28. The van der Waals surface area contributed by atoms with Crippen LogP contribution in [0.15, 0.2) is 21.7 Å². The molecule has 0 bridgehead atoms. The van der Waals surface area contributed by atoms with Crippen molar-refractivity contribution in [3.63, 3.8) is 0 Å². The van der Waals surface area contributed by atoms with Gasteiger partial charge in [-0.1, -0.05) is 6.07 Å². The molecule has 1 aromatic rings. The molecule has 0 saturated carbocycles. The molecule has 1 saturated heterocycles. The maximum absolute atomic E-state index is 11.9. The highest BCUT2D eigenvalue weighted by atomic mass is 32.2. The van der Waals surface area contributed by atoms with E-state index < -0.39 is 10.0 Å². The van der Waals surface area contributed by atoms with Crippen LogP contribution in [0.4, 0.5) is 0 Å². The Kier molecular flexibility index (Phi) is 4.74. The molecule has 0 spiro atoms. The van der Waals surface area contributed by atoms with Gasteiger partial charge in [-0.3, -0.25) is 4.90 Å². The van der Waals surface area contributed by atoms with Crippen LogP contribution >= 0.6 is 11.3 Å². The zero-order valence-corrected chi connectivity index (χ0v) is 12.0. The van der Waals surface area contributed by atoms with Crippen molar-refractivity contribution in [2.24, 2.45) is 0 Å². The zero-order chi connectivity index (χ0) is 13.0. The maximum atomic E-state index is 11.9. The first kappa shape index (κ1) is 14.0. The molecule has 7 heteroatoms. The highest BCUT2D eigenvalue weighted by Gasteiger charge is 2.20. The lowest BCUT2D eigenvalue weighted by molar-refractivity contribution is 0.0213. The number of ether oxygens (including phenoxy) is 1. The van der Waals surface area contributed by atoms with E-state index in [2.05, 4.69) is 9.62 Å². The van der Waals surface area contributed by atoms with Gasteiger partial charge in [0, 0.05) is 25.7 Å². The molecule has 1 aliphatic heterocycles. The molecule has 2 rings (SSSR count). The van der Waals surface area contributed by atoms with Gasteiger partial charge in [-0.15, -0.1) is 11.3 Å². The molecule has 102 valence electrons. The number of rotatable bonds is 5. The van der Waals surface area contributed by atoms with Crippen LogP contribution in [0.2, 0.25) is 0 Å². The molecule has 1 fully saturated rings. The average molecular weight is 290 g/mol. The molecule has 1 aromatic heterocycles. The van der Waals surface area contributed by atoms with Crippen LogP contribution in [-0.4, -0.2) is 52.2 Å². The van der Waals surface area contributed by atoms with Crippen LogP contribution < -0.4 is 4.72 Å². The molecule has 2 heterocycles. The Morgan fingerprint density at radius 3 is 2.83 bits per heavy atom.